The summed E-state index contributed by atoms with van der Waals surface area (Å²) in [5, 5.41) is 7.39. The van der Waals surface area contributed by atoms with Gasteiger partial charge in [-0.05, 0) is 30.3 Å². The summed E-state index contributed by atoms with van der Waals surface area (Å²) in [7, 11) is 1.73. The van der Waals surface area contributed by atoms with E-state index in [9.17, 15) is 13.2 Å². The number of alkyl halides is 3. The first-order valence-corrected chi connectivity index (χ1v) is 8.31. The molecule has 27 heavy (non-hydrogen) atoms. The zero-order valence-corrected chi connectivity index (χ0v) is 14.4. The minimum atomic E-state index is -4.51. The second kappa shape index (κ2) is 6.46. The number of hydrogen-bond acceptors (Lipinski definition) is 4. The van der Waals surface area contributed by atoms with Crippen molar-refractivity contribution in [2.45, 2.75) is 6.18 Å². The first kappa shape index (κ1) is 17.1. The molecule has 4 rings (SSSR count). The number of aromatic nitrogens is 3. The van der Waals surface area contributed by atoms with Crippen molar-refractivity contribution in [2.24, 2.45) is 0 Å². The molecular weight excluding hydrogens is 355 g/mol. The lowest BCUT2D eigenvalue weighted by Crippen LogP contribution is -2.31. The number of fused-ring (bicyclic) bond motifs is 1. The van der Waals surface area contributed by atoms with Gasteiger partial charge in [-0.1, -0.05) is 18.2 Å². The van der Waals surface area contributed by atoms with Gasteiger partial charge in [0.05, 0.1) is 17.9 Å². The molecule has 1 aliphatic heterocycles. The van der Waals surface area contributed by atoms with Crippen LogP contribution in [0, 0.1) is 0 Å². The number of nitrogens with one attached hydrogen (secondary N) is 1. The van der Waals surface area contributed by atoms with E-state index in [0.717, 1.165) is 17.5 Å². The van der Waals surface area contributed by atoms with Crippen LogP contribution in [0.5, 0.6) is 0 Å². The lowest BCUT2D eigenvalue weighted by molar-refractivity contribution is -0.141. The van der Waals surface area contributed by atoms with Gasteiger partial charge >= 0.3 is 6.18 Å². The van der Waals surface area contributed by atoms with Crippen molar-refractivity contribution in [3.63, 3.8) is 0 Å². The van der Waals surface area contributed by atoms with Crippen LogP contribution in [-0.2, 0) is 6.18 Å². The quantitative estimate of drug-likeness (QED) is 0.756. The maximum Gasteiger partial charge on any atom is 0.433 e. The number of anilines is 2. The lowest BCUT2D eigenvalue weighted by Gasteiger charge is -2.33. The van der Waals surface area contributed by atoms with Crippen molar-refractivity contribution in [3.05, 3.63) is 72.2 Å². The van der Waals surface area contributed by atoms with Crippen LogP contribution in [0.25, 0.3) is 11.4 Å². The number of nitrogens with zero attached hydrogens (tertiary/aromatic N) is 4. The Morgan fingerprint density at radius 2 is 1.81 bits per heavy atom. The van der Waals surface area contributed by atoms with Crippen LogP contribution in [0.4, 0.5) is 24.7 Å². The molecular formula is C19H16F3N5. The van der Waals surface area contributed by atoms with Gasteiger partial charge in [-0.25, -0.2) is 9.67 Å². The predicted molar refractivity (Wildman–Crippen MR) is 97.1 cm³/mol. The van der Waals surface area contributed by atoms with Crippen molar-refractivity contribution in [1.29, 1.82) is 0 Å². The molecule has 1 aromatic carbocycles. The molecule has 0 amide bonds. The SMILES string of the molecule is CNC1=C(n2cccn2)CN(c2ccccc2)c2nc(C(F)(F)F)ccc21. The second-order valence-electron chi connectivity index (χ2n) is 6.01. The van der Waals surface area contributed by atoms with E-state index in [4.69, 9.17) is 0 Å². The molecule has 5 nitrogen and oxygen atoms in total. The van der Waals surface area contributed by atoms with E-state index in [0.29, 0.717) is 17.8 Å². The monoisotopic (exact) mass is 371 g/mol. The normalized spacial score (nSPS) is 14.3. The number of halogens is 3. The van der Waals surface area contributed by atoms with Gasteiger partial charge in [0.2, 0.25) is 0 Å². The Hall–Kier alpha value is -3.29. The molecule has 0 bridgehead atoms. The molecule has 0 saturated heterocycles. The summed E-state index contributed by atoms with van der Waals surface area (Å²) in [6.45, 7) is 0.323. The van der Waals surface area contributed by atoms with Crippen LogP contribution < -0.4 is 10.2 Å². The van der Waals surface area contributed by atoms with Crippen LogP contribution in [-0.4, -0.2) is 28.4 Å². The van der Waals surface area contributed by atoms with Crippen molar-refractivity contribution in [3.8, 4) is 0 Å². The summed E-state index contributed by atoms with van der Waals surface area (Å²) in [5.41, 5.74) is 1.94. The van der Waals surface area contributed by atoms with E-state index < -0.39 is 11.9 Å². The van der Waals surface area contributed by atoms with Crippen LogP contribution in [0.3, 0.4) is 0 Å². The molecule has 0 radical (unpaired) electrons. The van der Waals surface area contributed by atoms with Gasteiger partial charge in [0.15, 0.2) is 0 Å². The molecule has 1 aliphatic rings. The van der Waals surface area contributed by atoms with Crippen molar-refractivity contribution >= 4 is 22.9 Å². The number of hydrogen-bond donors (Lipinski definition) is 1. The molecule has 2 aromatic heterocycles. The highest BCUT2D eigenvalue weighted by molar-refractivity contribution is 5.93. The predicted octanol–water partition coefficient (Wildman–Crippen LogP) is 3.99. The summed E-state index contributed by atoms with van der Waals surface area (Å²) in [6, 6.07) is 13.5. The first-order valence-electron chi connectivity index (χ1n) is 8.31. The summed E-state index contributed by atoms with van der Waals surface area (Å²) in [4.78, 5) is 5.72. The minimum Gasteiger partial charge on any atom is -0.386 e. The molecule has 0 spiro atoms. The van der Waals surface area contributed by atoms with Gasteiger partial charge in [-0.3, -0.25) is 0 Å². The molecule has 0 atom stereocenters. The van der Waals surface area contributed by atoms with Crippen LogP contribution in [0.2, 0.25) is 0 Å². The third-order valence-electron chi connectivity index (χ3n) is 4.39. The molecule has 3 aromatic rings. The summed E-state index contributed by atoms with van der Waals surface area (Å²) < 4.78 is 41.4. The highest BCUT2D eigenvalue weighted by Gasteiger charge is 2.36. The Morgan fingerprint density at radius 3 is 2.44 bits per heavy atom. The largest absolute Gasteiger partial charge is 0.433 e. The van der Waals surface area contributed by atoms with Gasteiger partial charge in [-0.15, -0.1) is 0 Å². The Morgan fingerprint density at radius 1 is 1.04 bits per heavy atom. The minimum absolute atomic E-state index is 0.260. The molecule has 0 aliphatic carbocycles. The topological polar surface area (TPSA) is 46.0 Å². The highest BCUT2D eigenvalue weighted by atomic mass is 19.4. The fraction of sp³-hybridized carbons (Fsp3) is 0.158. The number of benzene rings is 1. The van der Waals surface area contributed by atoms with Gasteiger partial charge in [0, 0.05) is 30.7 Å². The van der Waals surface area contributed by atoms with E-state index in [1.54, 1.807) is 35.1 Å². The fourth-order valence-electron chi connectivity index (χ4n) is 3.18. The molecule has 8 heteroatoms. The Kier molecular flexibility index (Phi) is 4.10. The molecule has 3 heterocycles. The third kappa shape index (κ3) is 3.03. The highest BCUT2D eigenvalue weighted by Crippen LogP contribution is 2.40. The smallest absolute Gasteiger partial charge is 0.386 e. The van der Waals surface area contributed by atoms with E-state index in [-0.39, 0.29) is 5.82 Å². The maximum atomic E-state index is 13.2. The lowest BCUT2D eigenvalue weighted by atomic mass is 10.0. The number of pyridine rings is 1. The van der Waals surface area contributed by atoms with Crippen LogP contribution in [0.15, 0.2) is 60.9 Å². The molecule has 0 unspecified atom stereocenters. The average molecular weight is 371 g/mol. The fourth-order valence-corrected chi connectivity index (χ4v) is 3.18. The van der Waals surface area contributed by atoms with Gasteiger partial charge in [-0.2, -0.15) is 18.3 Å². The van der Waals surface area contributed by atoms with Crippen molar-refractivity contribution < 1.29 is 13.2 Å². The van der Waals surface area contributed by atoms with Crippen molar-refractivity contribution in [2.75, 3.05) is 18.5 Å². The standard InChI is InChI=1S/C19H16F3N5/c1-23-17-14-8-9-16(19(20,21)22)25-18(14)26(13-6-3-2-4-7-13)12-15(17)27-11-5-10-24-27/h2-11,23H,12H2,1H3. The molecule has 1 N–H and O–H groups in total. The molecule has 138 valence electrons. The van der Waals surface area contributed by atoms with Crippen LogP contribution in [0.1, 0.15) is 11.3 Å². The zero-order valence-electron chi connectivity index (χ0n) is 14.4. The van der Waals surface area contributed by atoms with Gasteiger partial charge in [0.1, 0.15) is 11.5 Å². The first-order chi connectivity index (χ1) is 13.0. The van der Waals surface area contributed by atoms with Crippen molar-refractivity contribution in [1.82, 2.24) is 20.1 Å². The molecule has 0 fully saturated rings. The summed E-state index contributed by atoms with van der Waals surface area (Å²) >= 11 is 0. The summed E-state index contributed by atoms with van der Waals surface area (Å²) in [6.07, 6.45) is -1.05. The maximum absolute atomic E-state index is 13.2. The van der Waals surface area contributed by atoms with E-state index >= 15 is 0 Å². The van der Waals surface area contributed by atoms with E-state index in [1.807, 2.05) is 30.3 Å². The van der Waals surface area contributed by atoms with Crippen LogP contribution >= 0.6 is 0 Å². The van der Waals surface area contributed by atoms with E-state index in [2.05, 4.69) is 15.4 Å². The van der Waals surface area contributed by atoms with Gasteiger partial charge in [0.25, 0.3) is 0 Å². The number of para-hydroxylation sites is 1. The Balaban J connectivity index is 1.95. The molecule has 0 saturated carbocycles. The summed E-state index contributed by atoms with van der Waals surface area (Å²) in [5.74, 6) is 0.260. The third-order valence-corrected chi connectivity index (χ3v) is 4.39. The number of rotatable bonds is 3. The second-order valence-corrected chi connectivity index (χ2v) is 6.01. The Labute approximate surface area is 153 Å². The van der Waals surface area contributed by atoms with E-state index in [1.165, 1.54) is 6.07 Å². The Bertz CT molecular complexity index is 978. The zero-order chi connectivity index (χ0) is 19.0. The van der Waals surface area contributed by atoms with Gasteiger partial charge < -0.3 is 10.2 Å². The average Bonchev–Trinajstić information content (AvgIpc) is 3.20.